The van der Waals surface area contributed by atoms with Gasteiger partial charge < -0.3 is 23.5 Å². The molecule has 2 saturated carbocycles. The lowest BCUT2D eigenvalue weighted by Gasteiger charge is -2.35. The van der Waals surface area contributed by atoms with Crippen molar-refractivity contribution in [3.05, 3.63) is 48.3 Å². The third kappa shape index (κ3) is 4.38. The van der Waals surface area contributed by atoms with Crippen molar-refractivity contribution in [3.63, 3.8) is 0 Å². The number of hydrogen-bond donors (Lipinski definition) is 0. The topological polar surface area (TPSA) is 88.7 Å². The monoisotopic (exact) mass is 409 g/mol. The molecule has 2 aromatic heterocycles. The molecule has 8 heteroatoms. The Balaban J connectivity index is 1.11. The molecule has 2 heterocycles. The van der Waals surface area contributed by atoms with E-state index < -0.39 is 0 Å². The minimum Gasteiger partial charge on any atom is -0.490 e. The Hall–Kier alpha value is -3.13. The molecule has 2 aliphatic rings. The molecule has 3 aromatic rings. The first kappa shape index (κ1) is 18.9. The first-order chi connectivity index (χ1) is 14.8. The molecule has 0 aliphatic heterocycles. The summed E-state index contributed by atoms with van der Waals surface area (Å²) in [6.07, 6.45) is 8.07. The SMILES string of the molecule is COCOc1cc(-c2cnc(O[C@H]3C[C@@H](c4ccc(OC5CC5)cc4)C3)cn2)on1. The van der Waals surface area contributed by atoms with Crippen molar-refractivity contribution in [1.29, 1.82) is 0 Å². The average molecular weight is 409 g/mol. The van der Waals surface area contributed by atoms with Crippen molar-refractivity contribution < 1.29 is 23.5 Å². The zero-order chi connectivity index (χ0) is 20.3. The second kappa shape index (κ2) is 8.31. The fraction of sp³-hybridized carbons (Fsp3) is 0.409. The van der Waals surface area contributed by atoms with Crippen LogP contribution in [-0.4, -0.2) is 41.2 Å². The van der Waals surface area contributed by atoms with E-state index in [4.69, 9.17) is 23.5 Å². The molecule has 1 aromatic carbocycles. The van der Waals surface area contributed by atoms with Crippen LogP contribution < -0.4 is 14.2 Å². The summed E-state index contributed by atoms with van der Waals surface area (Å²) < 4.78 is 27.0. The molecule has 0 unspecified atom stereocenters. The lowest BCUT2D eigenvalue weighted by atomic mass is 9.77. The predicted octanol–water partition coefficient (Wildman–Crippen LogP) is 3.98. The highest BCUT2D eigenvalue weighted by atomic mass is 16.7. The summed E-state index contributed by atoms with van der Waals surface area (Å²) in [5.41, 5.74) is 1.89. The number of ether oxygens (including phenoxy) is 4. The minimum atomic E-state index is 0.102. The highest BCUT2D eigenvalue weighted by Gasteiger charge is 2.32. The van der Waals surface area contributed by atoms with Gasteiger partial charge >= 0.3 is 0 Å². The van der Waals surface area contributed by atoms with E-state index in [1.165, 1.54) is 25.5 Å². The van der Waals surface area contributed by atoms with Crippen molar-refractivity contribution in [2.75, 3.05) is 13.9 Å². The number of hydrogen-bond acceptors (Lipinski definition) is 8. The van der Waals surface area contributed by atoms with Gasteiger partial charge in [0.05, 0.1) is 24.6 Å². The first-order valence-electron chi connectivity index (χ1n) is 10.1. The summed E-state index contributed by atoms with van der Waals surface area (Å²) in [4.78, 5) is 8.68. The summed E-state index contributed by atoms with van der Waals surface area (Å²) in [6.45, 7) is 0.102. The molecule has 8 nitrogen and oxygen atoms in total. The molecule has 0 radical (unpaired) electrons. The molecule has 0 amide bonds. The van der Waals surface area contributed by atoms with Gasteiger partial charge in [0.25, 0.3) is 5.88 Å². The Bertz CT molecular complexity index is 963. The molecule has 0 spiro atoms. The van der Waals surface area contributed by atoms with Gasteiger partial charge in [-0.3, -0.25) is 0 Å². The Kier molecular flexibility index (Phi) is 5.23. The van der Waals surface area contributed by atoms with Crippen LogP contribution in [0.5, 0.6) is 17.5 Å². The van der Waals surface area contributed by atoms with Gasteiger partial charge in [0.1, 0.15) is 17.5 Å². The van der Waals surface area contributed by atoms with Crippen molar-refractivity contribution in [2.45, 2.75) is 43.8 Å². The van der Waals surface area contributed by atoms with Crippen molar-refractivity contribution in [2.24, 2.45) is 0 Å². The van der Waals surface area contributed by atoms with E-state index in [2.05, 4.69) is 39.4 Å². The number of nitrogens with zero attached hydrogens (tertiary/aromatic N) is 3. The Morgan fingerprint density at radius 3 is 2.50 bits per heavy atom. The smallest absolute Gasteiger partial charge is 0.256 e. The number of benzene rings is 1. The summed E-state index contributed by atoms with van der Waals surface area (Å²) in [7, 11) is 1.54. The summed E-state index contributed by atoms with van der Waals surface area (Å²) >= 11 is 0. The lowest BCUT2D eigenvalue weighted by Crippen LogP contribution is -2.32. The molecule has 156 valence electrons. The Labute approximate surface area is 174 Å². The first-order valence-corrected chi connectivity index (χ1v) is 10.1. The largest absolute Gasteiger partial charge is 0.490 e. The molecule has 2 aliphatic carbocycles. The summed E-state index contributed by atoms with van der Waals surface area (Å²) in [6, 6.07) is 10.1. The second-order valence-corrected chi connectivity index (χ2v) is 7.61. The van der Waals surface area contributed by atoms with Crippen LogP contribution in [0.2, 0.25) is 0 Å². The fourth-order valence-corrected chi connectivity index (χ4v) is 3.37. The van der Waals surface area contributed by atoms with Crippen molar-refractivity contribution in [1.82, 2.24) is 15.1 Å². The summed E-state index contributed by atoms with van der Waals surface area (Å²) in [5, 5.41) is 3.80. The van der Waals surface area contributed by atoms with E-state index in [9.17, 15) is 0 Å². The minimum absolute atomic E-state index is 0.102. The maximum Gasteiger partial charge on any atom is 0.256 e. The summed E-state index contributed by atoms with van der Waals surface area (Å²) in [5.74, 6) is 2.79. The van der Waals surface area contributed by atoms with Gasteiger partial charge in [0.2, 0.25) is 5.88 Å². The van der Waals surface area contributed by atoms with Gasteiger partial charge in [0, 0.05) is 7.11 Å². The Morgan fingerprint density at radius 2 is 1.80 bits per heavy atom. The van der Waals surface area contributed by atoms with E-state index in [0.29, 0.717) is 35.2 Å². The predicted molar refractivity (Wildman–Crippen MR) is 107 cm³/mol. The van der Waals surface area contributed by atoms with E-state index in [1.807, 2.05) is 0 Å². The molecule has 5 rings (SSSR count). The second-order valence-electron chi connectivity index (χ2n) is 7.61. The maximum absolute atomic E-state index is 5.95. The van der Waals surface area contributed by atoms with Gasteiger partial charge in [-0.05, 0) is 54.5 Å². The van der Waals surface area contributed by atoms with E-state index in [-0.39, 0.29) is 12.9 Å². The van der Waals surface area contributed by atoms with E-state index in [0.717, 1.165) is 18.6 Å². The fourth-order valence-electron chi connectivity index (χ4n) is 3.37. The van der Waals surface area contributed by atoms with Crippen LogP contribution in [0.15, 0.2) is 47.2 Å². The molecule has 0 bridgehead atoms. The van der Waals surface area contributed by atoms with Gasteiger partial charge in [-0.1, -0.05) is 12.1 Å². The number of rotatable bonds is 9. The van der Waals surface area contributed by atoms with Crippen LogP contribution in [0.4, 0.5) is 0 Å². The highest BCUT2D eigenvalue weighted by Crippen LogP contribution is 2.39. The molecular weight excluding hydrogens is 386 g/mol. The lowest BCUT2D eigenvalue weighted by molar-refractivity contribution is 0.0453. The van der Waals surface area contributed by atoms with Crippen LogP contribution in [0.3, 0.4) is 0 Å². The van der Waals surface area contributed by atoms with Gasteiger partial charge in [0.15, 0.2) is 12.6 Å². The number of aromatic nitrogens is 3. The van der Waals surface area contributed by atoms with Crippen molar-refractivity contribution >= 4 is 0 Å². The molecule has 30 heavy (non-hydrogen) atoms. The average Bonchev–Trinajstić information content (AvgIpc) is 3.44. The third-order valence-corrected chi connectivity index (χ3v) is 5.25. The van der Waals surface area contributed by atoms with Crippen LogP contribution >= 0.6 is 0 Å². The standard InChI is InChI=1S/C22H23N3O5/c1-26-13-27-21-10-20(30-25-21)19-11-24-22(12-23-19)29-18-8-15(9-18)14-2-4-16(5-3-14)28-17-6-7-17/h2-5,10-12,15,17-18H,6-9,13H2,1H3/t15-,18+. The van der Waals surface area contributed by atoms with Crippen LogP contribution in [0, 0.1) is 0 Å². The van der Waals surface area contributed by atoms with Gasteiger partial charge in [-0.15, -0.1) is 0 Å². The molecule has 0 atom stereocenters. The van der Waals surface area contributed by atoms with Crippen LogP contribution in [-0.2, 0) is 4.74 Å². The third-order valence-electron chi connectivity index (χ3n) is 5.25. The highest BCUT2D eigenvalue weighted by molar-refractivity contribution is 5.51. The normalized spacial score (nSPS) is 20.4. The zero-order valence-corrected chi connectivity index (χ0v) is 16.7. The van der Waals surface area contributed by atoms with Crippen LogP contribution in [0.1, 0.15) is 37.2 Å². The molecule has 0 N–H and O–H groups in total. The zero-order valence-electron chi connectivity index (χ0n) is 16.7. The molecule has 0 saturated heterocycles. The van der Waals surface area contributed by atoms with E-state index >= 15 is 0 Å². The van der Waals surface area contributed by atoms with Crippen LogP contribution in [0.25, 0.3) is 11.5 Å². The quantitative estimate of drug-likeness (QED) is 0.490. The molecule has 2 fully saturated rings. The Morgan fingerprint density at radius 1 is 0.967 bits per heavy atom. The maximum atomic E-state index is 5.95. The van der Waals surface area contributed by atoms with Gasteiger partial charge in [-0.25, -0.2) is 9.97 Å². The number of methoxy groups -OCH3 is 1. The van der Waals surface area contributed by atoms with E-state index in [1.54, 1.807) is 18.5 Å². The van der Waals surface area contributed by atoms with Crippen molar-refractivity contribution in [3.8, 4) is 29.0 Å². The van der Waals surface area contributed by atoms with Gasteiger partial charge in [-0.2, -0.15) is 0 Å². The molecular formula is C22H23N3O5.